The molecule has 31 heavy (non-hydrogen) atoms. The molecule has 1 amide bonds. The number of halogens is 2. The summed E-state index contributed by atoms with van der Waals surface area (Å²) in [5.41, 5.74) is -0.455. The molecule has 5 atom stereocenters. The van der Waals surface area contributed by atoms with E-state index in [1.54, 1.807) is 0 Å². The zero-order chi connectivity index (χ0) is 23.5. The molecule has 172 valence electrons. The summed E-state index contributed by atoms with van der Waals surface area (Å²) >= 11 is 0. The van der Waals surface area contributed by atoms with Crippen LogP contribution in [0.15, 0.2) is 11.6 Å². The van der Waals surface area contributed by atoms with Gasteiger partial charge >= 0.3 is 0 Å². The quantitative estimate of drug-likeness (QED) is 0.226. The van der Waals surface area contributed by atoms with E-state index in [2.05, 4.69) is 5.32 Å². The van der Waals surface area contributed by atoms with Crippen molar-refractivity contribution in [3.05, 3.63) is 28.8 Å². The number of methoxy groups -OCH3 is 1. The molecule has 1 aromatic rings. The van der Waals surface area contributed by atoms with Crippen molar-refractivity contribution in [3.63, 3.8) is 0 Å². The van der Waals surface area contributed by atoms with Gasteiger partial charge in [0.15, 0.2) is 23.6 Å². The molecule has 1 heterocycles. The van der Waals surface area contributed by atoms with Crippen LogP contribution in [0, 0.1) is 11.6 Å². The van der Waals surface area contributed by atoms with E-state index >= 15 is 0 Å². The van der Waals surface area contributed by atoms with Crippen LogP contribution in [-0.4, -0.2) is 82.1 Å². The lowest BCUT2D eigenvalue weighted by Gasteiger charge is -2.40. The Hall–Kier alpha value is -2.64. The molecule has 1 fully saturated rings. The Kier molecular flexibility index (Phi) is 8.03. The number of aromatic hydroxyl groups is 1. The number of amides is 1. The first-order valence-electron chi connectivity index (χ1n) is 9.07. The fourth-order valence-electron chi connectivity index (χ4n) is 3.17. The number of hydrogen-bond acceptors (Lipinski definition) is 9. The second-order valence-electron chi connectivity index (χ2n) is 6.87. The number of aliphatic hydroxyl groups is 4. The molecular formula is C19H23F2NO9. The van der Waals surface area contributed by atoms with Crippen LogP contribution in [-0.2, 0) is 14.3 Å². The number of allylic oxidation sites excluding steroid dienone is 1. The van der Waals surface area contributed by atoms with Crippen LogP contribution in [0.5, 0.6) is 11.5 Å². The highest BCUT2D eigenvalue weighted by Crippen LogP contribution is 2.37. The first-order valence-corrected chi connectivity index (χ1v) is 9.07. The van der Waals surface area contributed by atoms with Gasteiger partial charge in [-0.1, -0.05) is 0 Å². The molecule has 2 rings (SSSR count). The van der Waals surface area contributed by atoms with Gasteiger partial charge in [-0.2, -0.15) is 4.39 Å². The number of nitrogens with one attached hydrogen (secondary N) is 1. The second kappa shape index (κ2) is 10.1. The summed E-state index contributed by atoms with van der Waals surface area (Å²) in [6, 6.07) is -0.737. The Morgan fingerprint density at radius 2 is 1.94 bits per heavy atom. The van der Waals surface area contributed by atoms with Crippen LogP contribution in [0.4, 0.5) is 8.78 Å². The van der Waals surface area contributed by atoms with E-state index < -0.39 is 72.7 Å². The zero-order valence-corrected chi connectivity index (χ0v) is 16.6. The molecule has 0 radical (unpaired) electrons. The number of phenolic OH excluding ortho intramolecular Hbond substituents is 1. The molecule has 1 aliphatic heterocycles. The zero-order valence-electron chi connectivity index (χ0n) is 16.6. The van der Waals surface area contributed by atoms with Crippen molar-refractivity contribution in [3.8, 4) is 11.5 Å². The third-order valence-corrected chi connectivity index (χ3v) is 4.96. The van der Waals surface area contributed by atoms with Crippen molar-refractivity contribution >= 4 is 17.8 Å². The normalized spacial score (nSPS) is 26.8. The van der Waals surface area contributed by atoms with Gasteiger partial charge in [-0.25, -0.2) is 4.39 Å². The highest BCUT2D eigenvalue weighted by atomic mass is 19.1. The van der Waals surface area contributed by atoms with Gasteiger partial charge in [-0.3, -0.25) is 9.59 Å². The Morgan fingerprint density at radius 1 is 1.29 bits per heavy atom. The molecule has 1 saturated heterocycles. The molecule has 0 spiro atoms. The SMILES string of the molecule is COc1c(/C(C)=C(\C=O)CC(=O)NC2C(O)OC(CO)C(O)C2O)cc(F)c(O)c1F. The maximum absolute atomic E-state index is 14.1. The second-order valence-corrected chi connectivity index (χ2v) is 6.87. The topological polar surface area (TPSA) is 166 Å². The van der Waals surface area contributed by atoms with Crippen molar-refractivity contribution in [1.82, 2.24) is 5.32 Å². The van der Waals surface area contributed by atoms with Crippen molar-refractivity contribution < 1.29 is 53.4 Å². The summed E-state index contributed by atoms with van der Waals surface area (Å²) < 4.78 is 37.6. The van der Waals surface area contributed by atoms with Crippen molar-refractivity contribution in [2.24, 2.45) is 0 Å². The van der Waals surface area contributed by atoms with E-state index in [0.717, 1.165) is 13.2 Å². The summed E-state index contributed by atoms with van der Waals surface area (Å²) in [6.07, 6.45) is -6.67. The van der Waals surface area contributed by atoms with Crippen LogP contribution >= 0.6 is 0 Å². The van der Waals surface area contributed by atoms with Crippen LogP contribution in [0.2, 0.25) is 0 Å². The summed E-state index contributed by atoms with van der Waals surface area (Å²) in [5, 5.41) is 50.5. The Morgan fingerprint density at radius 3 is 2.48 bits per heavy atom. The molecule has 12 heteroatoms. The summed E-state index contributed by atoms with van der Waals surface area (Å²) in [5.74, 6) is -5.38. The highest BCUT2D eigenvalue weighted by Gasteiger charge is 2.44. The monoisotopic (exact) mass is 447 g/mol. The first-order chi connectivity index (χ1) is 14.6. The molecule has 0 bridgehead atoms. The molecule has 0 saturated carbocycles. The van der Waals surface area contributed by atoms with E-state index in [0.29, 0.717) is 0 Å². The molecule has 10 nitrogen and oxygen atoms in total. The molecule has 5 unspecified atom stereocenters. The highest BCUT2D eigenvalue weighted by molar-refractivity contribution is 5.95. The Balaban J connectivity index is 2.27. The van der Waals surface area contributed by atoms with Crippen molar-refractivity contribution in [1.29, 1.82) is 0 Å². The summed E-state index contributed by atoms with van der Waals surface area (Å²) in [4.78, 5) is 23.9. The number of ether oxygens (including phenoxy) is 2. The number of carbonyl (C=O) groups is 2. The fourth-order valence-corrected chi connectivity index (χ4v) is 3.17. The minimum atomic E-state index is -1.76. The largest absolute Gasteiger partial charge is 0.503 e. The van der Waals surface area contributed by atoms with Crippen LogP contribution in [0.25, 0.3) is 5.57 Å². The number of benzene rings is 1. The Bertz CT molecular complexity index is 876. The smallest absolute Gasteiger partial charge is 0.225 e. The van der Waals surface area contributed by atoms with Crippen molar-refractivity contribution in [2.45, 2.75) is 44.0 Å². The van der Waals surface area contributed by atoms with E-state index in [1.807, 2.05) is 0 Å². The van der Waals surface area contributed by atoms with Gasteiger partial charge in [0.25, 0.3) is 0 Å². The van der Waals surface area contributed by atoms with Crippen LogP contribution < -0.4 is 10.1 Å². The average Bonchev–Trinajstić information content (AvgIpc) is 2.75. The molecule has 1 aliphatic rings. The first kappa shape index (κ1) is 24.6. The third-order valence-electron chi connectivity index (χ3n) is 4.96. The van der Waals surface area contributed by atoms with Crippen LogP contribution in [0.3, 0.4) is 0 Å². The summed E-state index contributed by atoms with van der Waals surface area (Å²) in [6.45, 7) is 0.614. The molecule has 0 aromatic heterocycles. The lowest BCUT2D eigenvalue weighted by atomic mass is 9.96. The van der Waals surface area contributed by atoms with E-state index in [1.165, 1.54) is 6.92 Å². The van der Waals surface area contributed by atoms with Crippen LogP contribution in [0.1, 0.15) is 18.9 Å². The maximum Gasteiger partial charge on any atom is 0.225 e. The summed E-state index contributed by atoms with van der Waals surface area (Å²) in [7, 11) is 1.07. The number of hydrogen-bond donors (Lipinski definition) is 6. The van der Waals surface area contributed by atoms with E-state index in [4.69, 9.17) is 14.6 Å². The molecule has 0 aliphatic carbocycles. The minimum Gasteiger partial charge on any atom is -0.503 e. The van der Waals surface area contributed by atoms with Gasteiger partial charge < -0.3 is 40.3 Å². The number of aliphatic hydroxyl groups excluding tert-OH is 4. The fraction of sp³-hybridized carbons (Fsp3) is 0.474. The van der Waals surface area contributed by atoms with Gasteiger partial charge in [0, 0.05) is 11.1 Å². The number of aldehydes is 1. The minimum absolute atomic E-state index is 0.0267. The standard InChI is InChI=1S/C19H23F2NO9/c1-7(9-4-10(20)15(26)13(21)18(9)30-2)8(5-23)3-12(25)22-14-17(28)16(27)11(6-24)31-19(14)29/h4-5,11,14,16-17,19,24,26-29H,3,6H2,1-2H3,(H,22,25)/b8-7-. The molecule has 1 aromatic carbocycles. The lowest BCUT2D eigenvalue weighted by molar-refractivity contribution is -0.253. The number of rotatable bonds is 7. The average molecular weight is 447 g/mol. The van der Waals surface area contributed by atoms with Gasteiger partial charge in [0.1, 0.15) is 30.6 Å². The molecular weight excluding hydrogens is 424 g/mol. The third kappa shape index (κ3) is 4.99. The van der Waals surface area contributed by atoms with Gasteiger partial charge in [-0.05, 0) is 18.6 Å². The predicted molar refractivity (Wildman–Crippen MR) is 99.8 cm³/mol. The van der Waals surface area contributed by atoms with E-state index in [-0.39, 0.29) is 23.0 Å². The van der Waals surface area contributed by atoms with E-state index in [9.17, 15) is 38.8 Å². The number of phenols is 1. The number of carbonyl (C=O) groups excluding carboxylic acids is 2. The van der Waals surface area contributed by atoms with Gasteiger partial charge in [0.2, 0.25) is 11.7 Å². The van der Waals surface area contributed by atoms with Gasteiger partial charge in [-0.15, -0.1) is 0 Å². The Labute approximate surface area is 175 Å². The molecule has 6 N–H and O–H groups in total. The van der Waals surface area contributed by atoms with Crippen molar-refractivity contribution in [2.75, 3.05) is 13.7 Å². The lowest BCUT2D eigenvalue weighted by Crippen LogP contribution is -2.64. The van der Waals surface area contributed by atoms with Gasteiger partial charge in [0.05, 0.1) is 20.1 Å². The predicted octanol–water partition coefficient (Wildman–Crippen LogP) is -1.04. The maximum atomic E-state index is 14.1.